The summed E-state index contributed by atoms with van der Waals surface area (Å²) in [4.78, 5) is 2.36. The second-order valence-electron chi connectivity index (χ2n) is 4.90. The summed E-state index contributed by atoms with van der Waals surface area (Å²) < 4.78 is 15.9. The number of anilines is 1. The van der Waals surface area contributed by atoms with Gasteiger partial charge in [0.05, 0.1) is 13.2 Å². The van der Waals surface area contributed by atoms with Gasteiger partial charge in [0.15, 0.2) is 16.6 Å². The maximum atomic E-state index is 5.34. The van der Waals surface area contributed by atoms with E-state index in [1.54, 1.807) is 0 Å². The molecule has 1 saturated heterocycles. The average Bonchev–Trinajstić information content (AvgIpc) is 2.96. The van der Waals surface area contributed by atoms with Crippen LogP contribution in [-0.4, -0.2) is 56.2 Å². The van der Waals surface area contributed by atoms with E-state index >= 15 is 0 Å². The van der Waals surface area contributed by atoms with Crippen molar-refractivity contribution >= 4 is 23.0 Å². The van der Waals surface area contributed by atoms with Crippen LogP contribution in [0.3, 0.4) is 0 Å². The van der Waals surface area contributed by atoms with Gasteiger partial charge in [0.1, 0.15) is 0 Å². The van der Waals surface area contributed by atoms with Gasteiger partial charge in [-0.15, -0.1) is 0 Å². The summed E-state index contributed by atoms with van der Waals surface area (Å²) in [5.41, 5.74) is 0.892. The zero-order chi connectivity index (χ0) is 14.5. The standard InChI is InChI=1S/C14H19N3O3S/c21-14(15-3-4-17-5-7-18-8-6-17)16-11-1-2-12-13(9-11)20-10-19-12/h1-2,9H,3-8,10H2,(H2,15,16,21). The Morgan fingerprint density at radius 1 is 1.19 bits per heavy atom. The van der Waals surface area contributed by atoms with Crippen molar-refractivity contribution in [3.8, 4) is 11.5 Å². The fraction of sp³-hybridized carbons (Fsp3) is 0.500. The topological polar surface area (TPSA) is 55.0 Å². The van der Waals surface area contributed by atoms with Crippen molar-refractivity contribution in [1.82, 2.24) is 10.2 Å². The molecule has 6 nitrogen and oxygen atoms in total. The summed E-state index contributed by atoms with van der Waals surface area (Å²) in [5, 5.41) is 6.98. The third kappa shape index (κ3) is 3.96. The molecule has 0 amide bonds. The van der Waals surface area contributed by atoms with Crippen LogP contribution in [-0.2, 0) is 4.74 Å². The molecule has 0 spiro atoms. The summed E-state index contributed by atoms with van der Waals surface area (Å²) in [7, 11) is 0. The van der Waals surface area contributed by atoms with Crippen LogP contribution < -0.4 is 20.1 Å². The second kappa shape index (κ2) is 6.93. The van der Waals surface area contributed by atoms with E-state index in [2.05, 4.69) is 15.5 Å². The Hall–Kier alpha value is -1.57. The molecule has 3 rings (SSSR count). The van der Waals surface area contributed by atoms with E-state index in [-0.39, 0.29) is 6.79 Å². The number of rotatable bonds is 4. The number of nitrogens with zero attached hydrogens (tertiary/aromatic N) is 1. The van der Waals surface area contributed by atoms with Gasteiger partial charge < -0.3 is 24.8 Å². The lowest BCUT2D eigenvalue weighted by atomic mass is 10.3. The predicted molar refractivity (Wildman–Crippen MR) is 84.0 cm³/mol. The first-order chi connectivity index (χ1) is 10.3. The molecule has 2 aliphatic heterocycles. The Kier molecular flexibility index (Phi) is 4.74. The number of hydrogen-bond acceptors (Lipinski definition) is 5. The fourth-order valence-corrected chi connectivity index (χ4v) is 2.52. The summed E-state index contributed by atoms with van der Waals surface area (Å²) in [5.74, 6) is 1.52. The van der Waals surface area contributed by atoms with Crippen LogP contribution in [0.2, 0.25) is 0 Å². The molecular weight excluding hydrogens is 290 g/mol. The maximum Gasteiger partial charge on any atom is 0.231 e. The summed E-state index contributed by atoms with van der Waals surface area (Å²) in [6.45, 7) is 5.68. The smallest absolute Gasteiger partial charge is 0.231 e. The Balaban J connectivity index is 1.41. The Labute approximate surface area is 129 Å². The minimum absolute atomic E-state index is 0.279. The van der Waals surface area contributed by atoms with Gasteiger partial charge in [0, 0.05) is 37.9 Å². The molecule has 2 heterocycles. The van der Waals surface area contributed by atoms with Crippen LogP contribution >= 0.6 is 12.2 Å². The van der Waals surface area contributed by atoms with Crippen LogP contribution in [0.25, 0.3) is 0 Å². The van der Waals surface area contributed by atoms with Crippen LogP contribution in [0.4, 0.5) is 5.69 Å². The van der Waals surface area contributed by atoms with Gasteiger partial charge in [0.25, 0.3) is 0 Å². The van der Waals surface area contributed by atoms with Gasteiger partial charge in [0.2, 0.25) is 6.79 Å². The lowest BCUT2D eigenvalue weighted by molar-refractivity contribution is 0.0389. The minimum Gasteiger partial charge on any atom is -0.454 e. The van der Waals surface area contributed by atoms with Crippen LogP contribution in [0.15, 0.2) is 18.2 Å². The molecule has 1 aromatic carbocycles. The average molecular weight is 309 g/mol. The van der Waals surface area contributed by atoms with Crippen molar-refractivity contribution in [2.24, 2.45) is 0 Å². The molecule has 21 heavy (non-hydrogen) atoms. The van der Waals surface area contributed by atoms with Gasteiger partial charge in [-0.3, -0.25) is 4.90 Å². The molecule has 1 fully saturated rings. The molecule has 1 aromatic rings. The van der Waals surface area contributed by atoms with E-state index in [0.29, 0.717) is 5.11 Å². The highest BCUT2D eigenvalue weighted by molar-refractivity contribution is 7.80. The third-order valence-corrected chi connectivity index (χ3v) is 3.69. The number of thiocarbonyl (C=S) groups is 1. The monoisotopic (exact) mass is 309 g/mol. The molecule has 2 aliphatic rings. The van der Waals surface area contributed by atoms with Crippen LogP contribution in [0.5, 0.6) is 11.5 Å². The van der Waals surface area contributed by atoms with Gasteiger partial charge in [-0.05, 0) is 24.4 Å². The van der Waals surface area contributed by atoms with Crippen molar-refractivity contribution in [1.29, 1.82) is 0 Å². The van der Waals surface area contributed by atoms with Gasteiger partial charge in [-0.25, -0.2) is 0 Å². The number of ether oxygens (including phenoxy) is 3. The molecule has 0 unspecified atom stereocenters. The SMILES string of the molecule is S=C(NCCN1CCOCC1)Nc1ccc2c(c1)OCO2. The maximum absolute atomic E-state index is 5.34. The Bertz CT molecular complexity index is 506. The number of fused-ring (bicyclic) bond motifs is 1. The fourth-order valence-electron chi connectivity index (χ4n) is 2.30. The van der Waals surface area contributed by atoms with Gasteiger partial charge in [-0.2, -0.15) is 0 Å². The molecule has 0 aliphatic carbocycles. The lowest BCUT2D eigenvalue weighted by Gasteiger charge is -2.26. The number of morpholine rings is 1. The van der Waals surface area contributed by atoms with E-state index in [0.717, 1.165) is 56.6 Å². The van der Waals surface area contributed by atoms with Crippen molar-refractivity contribution in [3.63, 3.8) is 0 Å². The number of hydrogen-bond donors (Lipinski definition) is 2. The van der Waals surface area contributed by atoms with E-state index in [1.807, 2.05) is 18.2 Å². The summed E-state index contributed by atoms with van der Waals surface area (Å²) in [6, 6.07) is 5.68. The van der Waals surface area contributed by atoms with Crippen LogP contribution in [0, 0.1) is 0 Å². The minimum atomic E-state index is 0.279. The number of benzene rings is 1. The molecule has 2 N–H and O–H groups in total. The largest absolute Gasteiger partial charge is 0.454 e. The molecule has 0 radical (unpaired) electrons. The first-order valence-electron chi connectivity index (χ1n) is 7.06. The summed E-state index contributed by atoms with van der Waals surface area (Å²) >= 11 is 5.29. The Morgan fingerprint density at radius 3 is 2.86 bits per heavy atom. The molecule has 0 aromatic heterocycles. The van der Waals surface area contributed by atoms with Crippen LogP contribution in [0.1, 0.15) is 0 Å². The molecule has 114 valence electrons. The zero-order valence-electron chi connectivity index (χ0n) is 11.8. The summed E-state index contributed by atoms with van der Waals surface area (Å²) in [6.07, 6.45) is 0. The highest BCUT2D eigenvalue weighted by Crippen LogP contribution is 2.34. The molecular formula is C14H19N3O3S. The van der Waals surface area contributed by atoms with Crippen molar-refractivity contribution in [2.75, 3.05) is 51.5 Å². The lowest BCUT2D eigenvalue weighted by Crippen LogP contribution is -2.42. The highest BCUT2D eigenvalue weighted by Gasteiger charge is 2.13. The molecule has 0 bridgehead atoms. The number of nitrogens with one attached hydrogen (secondary N) is 2. The molecule has 0 saturated carbocycles. The first kappa shape index (κ1) is 14.4. The normalized spacial score (nSPS) is 17.5. The van der Waals surface area contributed by atoms with Crippen molar-refractivity contribution in [2.45, 2.75) is 0 Å². The molecule has 0 atom stereocenters. The van der Waals surface area contributed by atoms with Gasteiger partial charge >= 0.3 is 0 Å². The quantitative estimate of drug-likeness (QED) is 0.806. The third-order valence-electron chi connectivity index (χ3n) is 3.45. The molecule has 7 heteroatoms. The second-order valence-corrected chi connectivity index (χ2v) is 5.31. The van der Waals surface area contributed by atoms with Gasteiger partial charge in [-0.1, -0.05) is 0 Å². The Morgan fingerprint density at radius 2 is 2.00 bits per heavy atom. The zero-order valence-corrected chi connectivity index (χ0v) is 12.6. The first-order valence-corrected chi connectivity index (χ1v) is 7.47. The van der Waals surface area contributed by atoms with Crippen molar-refractivity contribution < 1.29 is 14.2 Å². The van der Waals surface area contributed by atoms with Crippen molar-refractivity contribution in [3.05, 3.63) is 18.2 Å². The van der Waals surface area contributed by atoms with E-state index in [1.165, 1.54) is 0 Å². The highest BCUT2D eigenvalue weighted by atomic mass is 32.1. The van der Waals surface area contributed by atoms with E-state index in [4.69, 9.17) is 26.4 Å². The predicted octanol–water partition coefficient (Wildman–Crippen LogP) is 1.03. The van der Waals surface area contributed by atoms with E-state index in [9.17, 15) is 0 Å². The van der Waals surface area contributed by atoms with E-state index < -0.39 is 0 Å².